The van der Waals surface area contributed by atoms with Gasteiger partial charge in [0.2, 0.25) is 0 Å². The van der Waals surface area contributed by atoms with Crippen molar-refractivity contribution in [3.05, 3.63) is 71.5 Å². The number of nitrogens with one attached hydrogen (secondary N) is 1. The van der Waals surface area contributed by atoms with Crippen molar-refractivity contribution in [3.8, 4) is 11.5 Å². The highest BCUT2D eigenvalue weighted by Crippen LogP contribution is 2.18. The zero-order valence-corrected chi connectivity index (χ0v) is 16.6. The maximum absolute atomic E-state index is 6.06. The Hall–Kier alpha value is -2.50. The number of hydrogen-bond donors (Lipinski definition) is 1. The van der Waals surface area contributed by atoms with Crippen LogP contribution in [0.3, 0.4) is 0 Å². The normalized spacial score (nSPS) is 15.9. The summed E-state index contributed by atoms with van der Waals surface area (Å²) >= 11 is 0. The number of methoxy groups -OCH3 is 2. The standard InChI is InChI=1S/C23H29NO4/c1-25-21-8-3-18(4-9-21)16-27-14-13-23(12-7-20-15-24-20)28-17-19-5-10-22(26-2)11-6-19/h3-6,8-11,13,20,24H,7,12,14-17H2,1-2H3/b23-13+. The molecule has 0 saturated carbocycles. The molecule has 1 fully saturated rings. The fraction of sp³-hybridized carbons (Fsp3) is 0.391. The van der Waals surface area contributed by atoms with E-state index in [2.05, 4.69) is 11.4 Å². The molecule has 1 aliphatic heterocycles. The van der Waals surface area contributed by atoms with Crippen molar-refractivity contribution in [1.29, 1.82) is 0 Å². The van der Waals surface area contributed by atoms with Gasteiger partial charge in [0.25, 0.3) is 0 Å². The number of ether oxygens (including phenoxy) is 4. The molecule has 0 amide bonds. The van der Waals surface area contributed by atoms with Gasteiger partial charge in [-0.1, -0.05) is 24.3 Å². The van der Waals surface area contributed by atoms with Gasteiger partial charge in [0.05, 0.1) is 33.2 Å². The van der Waals surface area contributed by atoms with E-state index in [0.29, 0.717) is 25.9 Å². The Morgan fingerprint density at radius 1 is 0.929 bits per heavy atom. The number of hydrogen-bond acceptors (Lipinski definition) is 5. The van der Waals surface area contributed by atoms with E-state index in [4.69, 9.17) is 18.9 Å². The molecule has 2 aromatic carbocycles. The zero-order valence-electron chi connectivity index (χ0n) is 16.6. The SMILES string of the molecule is COc1ccc(COC/C=C(\CCC2CN2)OCc2ccc(OC)cc2)cc1. The smallest absolute Gasteiger partial charge is 0.118 e. The molecule has 5 nitrogen and oxygen atoms in total. The van der Waals surface area contributed by atoms with Crippen LogP contribution in [0.4, 0.5) is 0 Å². The Bertz CT molecular complexity index is 736. The van der Waals surface area contributed by atoms with Gasteiger partial charge in [0.1, 0.15) is 18.1 Å². The lowest BCUT2D eigenvalue weighted by Crippen LogP contribution is -2.01. The molecule has 5 heteroatoms. The average molecular weight is 383 g/mol. The lowest BCUT2D eigenvalue weighted by Gasteiger charge is -2.12. The third kappa shape index (κ3) is 6.91. The summed E-state index contributed by atoms with van der Waals surface area (Å²) in [5.74, 6) is 2.69. The molecule has 0 radical (unpaired) electrons. The van der Waals surface area contributed by atoms with Gasteiger partial charge >= 0.3 is 0 Å². The van der Waals surface area contributed by atoms with Crippen molar-refractivity contribution in [1.82, 2.24) is 5.32 Å². The van der Waals surface area contributed by atoms with Gasteiger partial charge in [0.15, 0.2) is 0 Å². The molecule has 28 heavy (non-hydrogen) atoms. The lowest BCUT2D eigenvalue weighted by atomic mass is 10.2. The fourth-order valence-electron chi connectivity index (χ4n) is 2.79. The quantitative estimate of drug-likeness (QED) is 0.340. The van der Waals surface area contributed by atoms with Crippen LogP contribution in [0.25, 0.3) is 0 Å². The van der Waals surface area contributed by atoms with E-state index in [1.807, 2.05) is 48.5 Å². The molecule has 1 heterocycles. The summed E-state index contributed by atoms with van der Waals surface area (Å²) in [4.78, 5) is 0. The summed E-state index contributed by atoms with van der Waals surface area (Å²) in [6, 6.07) is 16.5. The van der Waals surface area contributed by atoms with Gasteiger partial charge in [0, 0.05) is 19.0 Å². The molecule has 0 aromatic heterocycles. The number of allylic oxidation sites excluding steroid dienone is 1. The van der Waals surface area contributed by atoms with Gasteiger partial charge in [-0.2, -0.15) is 0 Å². The molecule has 2 aromatic rings. The van der Waals surface area contributed by atoms with Crippen LogP contribution in [0, 0.1) is 0 Å². The first kappa shape index (κ1) is 20.2. The first-order valence-corrected chi connectivity index (χ1v) is 9.65. The summed E-state index contributed by atoms with van der Waals surface area (Å²) in [7, 11) is 3.34. The van der Waals surface area contributed by atoms with E-state index in [1.165, 1.54) is 0 Å². The van der Waals surface area contributed by atoms with Crippen LogP contribution in [-0.4, -0.2) is 33.4 Å². The van der Waals surface area contributed by atoms with Crippen molar-refractivity contribution in [2.45, 2.75) is 32.1 Å². The van der Waals surface area contributed by atoms with Crippen molar-refractivity contribution >= 4 is 0 Å². The molecule has 3 rings (SSSR count). The first-order valence-electron chi connectivity index (χ1n) is 9.65. The number of benzene rings is 2. The van der Waals surface area contributed by atoms with Gasteiger partial charge in [-0.25, -0.2) is 0 Å². The molecule has 0 aliphatic carbocycles. The Morgan fingerprint density at radius 3 is 2.04 bits per heavy atom. The molecule has 1 aliphatic rings. The van der Waals surface area contributed by atoms with Crippen LogP contribution < -0.4 is 14.8 Å². The molecule has 1 atom stereocenters. The van der Waals surface area contributed by atoms with E-state index in [0.717, 1.165) is 47.8 Å². The fourth-order valence-corrected chi connectivity index (χ4v) is 2.79. The van der Waals surface area contributed by atoms with E-state index in [9.17, 15) is 0 Å². The molecule has 1 saturated heterocycles. The van der Waals surface area contributed by atoms with Gasteiger partial charge in [-0.05, 0) is 47.9 Å². The predicted octanol–water partition coefficient (Wildman–Crippen LogP) is 4.07. The van der Waals surface area contributed by atoms with Crippen LogP contribution >= 0.6 is 0 Å². The Kier molecular flexibility index (Phi) is 7.76. The second-order valence-electron chi connectivity index (χ2n) is 6.81. The molecular formula is C23H29NO4. The minimum absolute atomic E-state index is 0.530. The van der Waals surface area contributed by atoms with Gasteiger partial charge < -0.3 is 24.3 Å². The van der Waals surface area contributed by atoms with Crippen LogP contribution in [-0.2, 0) is 22.7 Å². The molecule has 1 unspecified atom stereocenters. The second kappa shape index (κ2) is 10.7. The lowest BCUT2D eigenvalue weighted by molar-refractivity contribution is 0.138. The maximum atomic E-state index is 6.06. The van der Waals surface area contributed by atoms with Crippen molar-refractivity contribution in [2.24, 2.45) is 0 Å². The third-order valence-electron chi connectivity index (χ3n) is 4.67. The molecule has 0 spiro atoms. The highest BCUT2D eigenvalue weighted by molar-refractivity contribution is 5.27. The monoisotopic (exact) mass is 383 g/mol. The van der Waals surface area contributed by atoms with Crippen LogP contribution in [0.5, 0.6) is 11.5 Å². The maximum Gasteiger partial charge on any atom is 0.118 e. The highest BCUT2D eigenvalue weighted by atomic mass is 16.5. The minimum atomic E-state index is 0.530. The summed E-state index contributed by atoms with van der Waals surface area (Å²) in [5.41, 5.74) is 2.24. The van der Waals surface area contributed by atoms with Crippen molar-refractivity contribution in [2.75, 3.05) is 27.4 Å². The van der Waals surface area contributed by atoms with Gasteiger partial charge in [-0.3, -0.25) is 0 Å². The summed E-state index contributed by atoms with van der Waals surface area (Å²) in [5, 5.41) is 3.34. The van der Waals surface area contributed by atoms with Crippen molar-refractivity contribution in [3.63, 3.8) is 0 Å². The summed E-state index contributed by atoms with van der Waals surface area (Å²) in [6.45, 7) is 2.75. The number of rotatable bonds is 12. The van der Waals surface area contributed by atoms with E-state index >= 15 is 0 Å². The second-order valence-corrected chi connectivity index (χ2v) is 6.81. The van der Waals surface area contributed by atoms with E-state index in [-0.39, 0.29) is 0 Å². The Morgan fingerprint density at radius 2 is 1.50 bits per heavy atom. The summed E-state index contributed by atoms with van der Waals surface area (Å²) < 4.78 is 22.2. The molecular weight excluding hydrogens is 354 g/mol. The van der Waals surface area contributed by atoms with Crippen LogP contribution in [0.15, 0.2) is 60.4 Å². The van der Waals surface area contributed by atoms with Gasteiger partial charge in [-0.15, -0.1) is 0 Å². The van der Waals surface area contributed by atoms with Crippen molar-refractivity contribution < 1.29 is 18.9 Å². The Balaban J connectivity index is 1.47. The summed E-state index contributed by atoms with van der Waals surface area (Å²) in [6.07, 6.45) is 4.06. The minimum Gasteiger partial charge on any atom is -0.497 e. The Labute approximate surface area is 167 Å². The molecule has 150 valence electrons. The largest absolute Gasteiger partial charge is 0.497 e. The van der Waals surface area contributed by atoms with E-state index < -0.39 is 0 Å². The van der Waals surface area contributed by atoms with Crippen LogP contribution in [0.2, 0.25) is 0 Å². The topological polar surface area (TPSA) is 58.9 Å². The van der Waals surface area contributed by atoms with E-state index in [1.54, 1.807) is 14.2 Å². The molecule has 1 N–H and O–H groups in total. The first-order chi connectivity index (χ1) is 13.8. The molecule has 0 bridgehead atoms. The average Bonchev–Trinajstić information content (AvgIpc) is 3.58. The zero-order chi connectivity index (χ0) is 19.6. The third-order valence-corrected chi connectivity index (χ3v) is 4.67. The highest BCUT2D eigenvalue weighted by Gasteiger charge is 2.19. The predicted molar refractivity (Wildman–Crippen MR) is 110 cm³/mol. The van der Waals surface area contributed by atoms with Crippen LogP contribution in [0.1, 0.15) is 24.0 Å².